The highest BCUT2D eigenvalue weighted by Gasteiger charge is 2.14. The minimum absolute atomic E-state index is 0.221. The van der Waals surface area contributed by atoms with Crippen LogP contribution in [0.4, 0.5) is 10.8 Å². The number of aromatic nitrogens is 2. The summed E-state index contributed by atoms with van der Waals surface area (Å²) in [6.07, 6.45) is 1.49. The predicted octanol–water partition coefficient (Wildman–Crippen LogP) is 1.27. The fourth-order valence-corrected chi connectivity index (χ4v) is 3.12. The average molecular weight is 319 g/mol. The van der Waals surface area contributed by atoms with E-state index in [1.165, 1.54) is 24.5 Å². The number of hydrogen-bond acceptors (Lipinski definition) is 7. The average Bonchev–Trinajstić information content (AvgIpc) is 2.77. The zero-order valence-electron chi connectivity index (χ0n) is 9.60. The molecule has 0 aliphatic carbocycles. The van der Waals surface area contributed by atoms with E-state index in [-0.39, 0.29) is 4.90 Å². The first-order valence-electron chi connectivity index (χ1n) is 4.88. The Bertz CT molecular complexity index is 684. The van der Waals surface area contributed by atoms with Gasteiger partial charge in [-0.05, 0) is 29.5 Å². The lowest BCUT2D eigenvalue weighted by Crippen LogP contribution is -1.99. The standard InChI is InChI=1S/C9H9N3O4S3/c1-18(13)9-12-11-8(17-9)10-6-3-2-4-7(5-6)19(14,15)16/h2-5H,1H3,(H,10,11)(H,14,15,16). The molecule has 102 valence electrons. The molecule has 19 heavy (non-hydrogen) atoms. The lowest BCUT2D eigenvalue weighted by atomic mass is 10.3. The summed E-state index contributed by atoms with van der Waals surface area (Å²) >= 11 is -0.112. The largest absolute Gasteiger partial charge is 0.610 e. The first-order chi connectivity index (χ1) is 8.86. The first kappa shape index (κ1) is 14.2. The third kappa shape index (κ3) is 3.64. The molecule has 2 aromatic rings. The van der Waals surface area contributed by atoms with Crippen LogP contribution in [0.5, 0.6) is 0 Å². The van der Waals surface area contributed by atoms with Crippen molar-refractivity contribution in [1.82, 2.24) is 10.2 Å². The van der Waals surface area contributed by atoms with Crippen LogP contribution in [0.3, 0.4) is 0 Å². The highest BCUT2D eigenvalue weighted by Crippen LogP contribution is 2.24. The SMILES string of the molecule is C[S+]([O-])c1nnc(Nc2cccc(S(=O)(=O)O)c2)s1. The quantitative estimate of drug-likeness (QED) is 0.644. The van der Waals surface area contributed by atoms with Gasteiger partial charge in [0.25, 0.3) is 10.1 Å². The molecule has 0 spiro atoms. The Morgan fingerprint density at radius 3 is 2.74 bits per heavy atom. The number of anilines is 2. The maximum atomic E-state index is 11.2. The van der Waals surface area contributed by atoms with E-state index in [0.29, 0.717) is 15.2 Å². The summed E-state index contributed by atoms with van der Waals surface area (Å²) in [7, 11) is -4.25. The van der Waals surface area contributed by atoms with Gasteiger partial charge in [-0.3, -0.25) is 4.55 Å². The van der Waals surface area contributed by atoms with Crippen LogP contribution in [0, 0.1) is 0 Å². The van der Waals surface area contributed by atoms with Crippen molar-refractivity contribution in [3.8, 4) is 0 Å². The second-order valence-electron chi connectivity index (χ2n) is 3.46. The van der Waals surface area contributed by atoms with Gasteiger partial charge >= 0.3 is 4.34 Å². The van der Waals surface area contributed by atoms with Crippen LogP contribution in [0.2, 0.25) is 0 Å². The molecule has 1 aromatic heterocycles. The Kier molecular flexibility index (Phi) is 4.06. The lowest BCUT2D eigenvalue weighted by molar-refractivity contribution is 0.483. The molecule has 1 atom stereocenters. The number of benzene rings is 1. The van der Waals surface area contributed by atoms with Crippen molar-refractivity contribution in [2.45, 2.75) is 9.24 Å². The van der Waals surface area contributed by atoms with Crippen LogP contribution in [0.25, 0.3) is 0 Å². The highest BCUT2D eigenvalue weighted by atomic mass is 32.2. The van der Waals surface area contributed by atoms with Gasteiger partial charge in [-0.15, -0.1) is 5.10 Å². The second-order valence-corrected chi connectivity index (χ2v) is 7.41. The van der Waals surface area contributed by atoms with Crippen LogP contribution in [-0.2, 0) is 21.3 Å². The topological polar surface area (TPSA) is 115 Å². The van der Waals surface area contributed by atoms with Gasteiger partial charge in [0.1, 0.15) is 6.26 Å². The van der Waals surface area contributed by atoms with Crippen LogP contribution in [0.1, 0.15) is 0 Å². The van der Waals surface area contributed by atoms with Gasteiger partial charge in [0, 0.05) is 16.9 Å². The summed E-state index contributed by atoms with van der Waals surface area (Å²) in [4.78, 5) is -0.221. The van der Waals surface area contributed by atoms with E-state index in [2.05, 4.69) is 15.5 Å². The van der Waals surface area contributed by atoms with Crippen molar-refractivity contribution >= 4 is 43.4 Å². The molecule has 0 bridgehead atoms. The molecule has 2 rings (SSSR count). The number of nitrogens with zero attached hydrogens (tertiary/aromatic N) is 2. The van der Waals surface area contributed by atoms with E-state index in [1.54, 1.807) is 6.07 Å². The lowest BCUT2D eigenvalue weighted by Gasteiger charge is -2.03. The molecule has 10 heteroatoms. The zero-order chi connectivity index (χ0) is 14.0. The molecule has 0 aliphatic heterocycles. The molecule has 0 amide bonds. The van der Waals surface area contributed by atoms with Gasteiger partial charge in [0.2, 0.25) is 5.13 Å². The first-order valence-corrected chi connectivity index (χ1v) is 8.69. The molecular weight excluding hydrogens is 310 g/mol. The molecular formula is C9H9N3O4S3. The van der Waals surface area contributed by atoms with Crippen molar-refractivity contribution in [3.63, 3.8) is 0 Å². The van der Waals surface area contributed by atoms with Crippen LogP contribution < -0.4 is 5.32 Å². The third-order valence-electron chi connectivity index (χ3n) is 2.04. The fraction of sp³-hybridized carbons (Fsp3) is 0.111. The number of rotatable bonds is 4. The summed E-state index contributed by atoms with van der Waals surface area (Å²) in [5.74, 6) is 0. The van der Waals surface area contributed by atoms with E-state index in [0.717, 1.165) is 11.3 Å². The predicted molar refractivity (Wildman–Crippen MR) is 71.8 cm³/mol. The van der Waals surface area contributed by atoms with Gasteiger partial charge in [-0.2, -0.15) is 8.42 Å². The van der Waals surface area contributed by atoms with Gasteiger partial charge in [0.15, 0.2) is 0 Å². The summed E-state index contributed by atoms with van der Waals surface area (Å²) in [5, 5.41) is 10.7. The van der Waals surface area contributed by atoms with E-state index in [4.69, 9.17) is 4.55 Å². The smallest absolute Gasteiger partial charge is 0.323 e. The van der Waals surface area contributed by atoms with E-state index in [1.807, 2.05) is 0 Å². The molecule has 1 heterocycles. The maximum absolute atomic E-state index is 11.2. The summed E-state index contributed by atoms with van der Waals surface area (Å²) in [6, 6.07) is 5.62. The second kappa shape index (κ2) is 5.43. The van der Waals surface area contributed by atoms with Gasteiger partial charge in [-0.25, -0.2) is 0 Å². The summed E-state index contributed by atoms with van der Waals surface area (Å²) < 4.78 is 42.5. The van der Waals surface area contributed by atoms with Crippen LogP contribution >= 0.6 is 11.3 Å². The third-order valence-corrected chi connectivity index (χ3v) is 5.05. The van der Waals surface area contributed by atoms with Crippen molar-refractivity contribution in [3.05, 3.63) is 24.3 Å². The van der Waals surface area contributed by atoms with Crippen LogP contribution in [0.15, 0.2) is 33.5 Å². The Labute approximate surface area is 116 Å². The molecule has 0 saturated carbocycles. The van der Waals surface area contributed by atoms with Gasteiger partial charge in [0.05, 0.1) is 4.90 Å². The molecule has 1 aromatic carbocycles. The van der Waals surface area contributed by atoms with Crippen molar-refractivity contribution in [1.29, 1.82) is 0 Å². The molecule has 2 N–H and O–H groups in total. The molecule has 0 aliphatic rings. The van der Waals surface area contributed by atoms with Gasteiger partial charge < -0.3 is 9.87 Å². The van der Waals surface area contributed by atoms with Crippen molar-refractivity contribution in [2.24, 2.45) is 0 Å². The normalized spacial score (nSPS) is 13.2. The van der Waals surface area contributed by atoms with E-state index < -0.39 is 21.3 Å². The number of hydrogen-bond donors (Lipinski definition) is 2. The minimum Gasteiger partial charge on any atom is -0.610 e. The van der Waals surface area contributed by atoms with Crippen molar-refractivity contribution in [2.75, 3.05) is 11.6 Å². The minimum atomic E-state index is -4.25. The highest BCUT2D eigenvalue weighted by molar-refractivity contribution is 7.92. The van der Waals surface area contributed by atoms with E-state index in [9.17, 15) is 13.0 Å². The molecule has 0 radical (unpaired) electrons. The van der Waals surface area contributed by atoms with Crippen molar-refractivity contribution < 1.29 is 17.5 Å². The molecule has 0 fully saturated rings. The maximum Gasteiger partial charge on any atom is 0.323 e. The monoisotopic (exact) mass is 319 g/mol. The van der Waals surface area contributed by atoms with E-state index >= 15 is 0 Å². The Hall–Kier alpha value is -1.20. The molecule has 1 unspecified atom stereocenters. The molecule has 0 saturated heterocycles. The fourth-order valence-electron chi connectivity index (χ4n) is 1.23. The Morgan fingerprint density at radius 1 is 1.42 bits per heavy atom. The number of nitrogens with one attached hydrogen (secondary N) is 1. The summed E-state index contributed by atoms with van der Waals surface area (Å²) in [5.41, 5.74) is 0.430. The summed E-state index contributed by atoms with van der Waals surface area (Å²) in [6.45, 7) is 0. The molecule has 7 nitrogen and oxygen atoms in total. The Balaban J connectivity index is 2.23. The zero-order valence-corrected chi connectivity index (χ0v) is 12.1. The van der Waals surface area contributed by atoms with Crippen LogP contribution in [-0.4, -0.2) is 34.0 Å². The Morgan fingerprint density at radius 2 is 2.16 bits per heavy atom. The van der Waals surface area contributed by atoms with Gasteiger partial charge in [-0.1, -0.05) is 11.2 Å².